The lowest BCUT2D eigenvalue weighted by atomic mass is 10.00. The van der Waals surface area contributed by atoms with E-state index in [1.807, 2.05) is 36.4 Å². The predicted octanol–water partition coefficient (Wildman–Crippen LogP) is 3.76. The zero-order valence-corrected chi connectivity index (χ0v) is 15.0. The van der Waals surface area contributed by atoms with Crippen molar-refractivity contribution < 1.29 is 27.8 Å². The number of amides is 1. The molecule has 1 aliphatic heterocycles. The molecule has 2 aromatic rings. The lowest BCUT2D eigenvalue weighted by Gasteiger charge is -2.26. The SMILES string of the molecule is O=C(OCC(=O)N1CC=C(c2ccccc2)CC1)c1cccc(OC(F)F)c1. The van der Waals surface area contributed by atoms with Gasteiger partial charge in [-0.3, -0.25) is 4.79 Å². The Morgan fingerprint density at radius 1 is 1.07 bits per heavy atom. The first-order valence-electron chi connectivity index (χ1n) is 8.77. The molecule has 3 rings (SSSR count). The third-order valence-electron chi connectivity index (χ3n) is 4.33. The van der Waals surface area contributed by atoms with Gasteiger partial charge in [0.05, 0.1) is 5.56 Å². The second-order valence-electron chi connectivity index (χ2n) is 6.17. The number of hydrogen-bond donors (Lipinski definition) is 0. The first-order valence-corrected chi connectivity index (χ1v) is 8.77. The van der Waals surface area contributed by atoms with Gasteiger partial charge in [-0.2, -0.15) is 8.78 Å². The fraction of sp³-hybridized carbons (Fsp3) is 0.238. The van der Waals surface area contributed by atoms with Crippen molar-refractivity contribution >= 4 is 17.4 Å². The molecule has 7 heteroatoms. The van der Waals surface area contributed by atoms with Crippen LogP contribution in [0.15, 0.2) is 60.7 Å². The van der Waals surface area contributed by atoms with Gasteiger partial charge in [0.25, 0.3) is 5.91 Å². The molecule has 2 aromatic carbocycles. The molecule has 5 nitrogen and oxygen atoms in total. The summed E-state index contributed by atoms with van der Waals surface area (Å²) in [6.45, 7) is -2.42. The third-order valence-corrected chi connectivity index (χ3v) is 4.33. The van der Waals surface area contributed by atoms with Gasteiger partial charge in [-0.1, -0.05) is 42.5 Å². The number of rotatable bonds is 6. The maximum absolute atomic E-state index is 12.3. The molecule has 0 fully saturated rings. The van der Waals surface area contributed by atoms with Crippen molar-refractivity contribution in [3.63, 3.8) is 0 Å². The molecule has 0 spiro atoms. The minimum atomic E-state index is -2.99. The molecule has 0 bridgehead atoms. The molecule has 0 radical (unpaired) electrons. The van der Waals surface area contributed by atoms with Gasteiger partial charge in [-0.05, 0) is 35.8 Å². The summed E-state index contributed by atoms with van der Waals surface area (Å²) >= 11 is 0. The smallest absolute Gasteiger partial charge is 0.387 e. The van der Waals surface area contributed by atoms with Crippen LogP contribution in [0.2, 0.25) is 0 Å². The van der Waals surface area contributed by atoms with E-state index in [4.69, 9.17) is 4.74 Å². The molecule has 0 saturated heterocycles. The highest BCUT2D eigenvalue weighted by molar-refractivity contribution is 5.91. The van der Waals surface area contributed by atoms with Gasteiger partial charge >= 0.3 is 12.6 Å². The molecule has 28 heavy (non-hydrogen) atoms. The van der Waals surface area contributed by atoms with Crippen molar-refractivity contribution in [1.82, 2.24) is 4.90 Å². The first kappa shape index (κ1) is 19.5. The van der Waals surface area contributed by atoms with Gasteiger partial charge in [0, 0.05) is 13.1 Å². The monoisotopic (exact) mass is 387 g/mol. The third kappa shape index (κ3) is 5.16. The van der Waals surface area contributed by atoms with Crippen molar-refractivity contribution in [1.29, 1.82) is 0 Å². The van der Waals surface area contributed by atoms with Gasteiger partial charge in [0.2, 0.25) is 0 Å². The molecule has 1 aliphatic rings. The summed E-state index contributed by atoms with van der Waals surface area (Å²) < 4.78 is 33.8. The number of carbonyl (C=O) groups is 2. The minimum absolute atomic E-state index is 0.0378. The summed E-state index contributed by atoms with van der Waals surface area (Å²) in [4.78, 5) is 26.0. The Morgan fingerprint density at radius 3 is 2.54 bits per heavy atom. The summed E-state index contributed by atoms with van der Waals surface area (Å²) in [6, 6.07) is 15.2. The van der Waals surface area contributed by atoms with Crippen molar-refractivity contribution in [3.8, 4) is 5.75 Å². The summed E-state index contributed by atoms with van der Waals surface area (Å²) in [7, 11) is 0. The van der Waals surface area contributed by atoms with Crippen LogP contribution in [-0.4, -0.2) is 43.1 Å². The van der Waals surface area contributed by atoms with Crippen LogP contribution in [0.5, 0.6) is 5.75 Å². The zero-order valence-electron chi connectivity index (χ0n) is 15.0. The number of hydrogen-bond acceptors (Lipinski definition) is 4. The van der Waals surface area contributed by atoms with E-state index < -0.39 is 19.2 Å². The molecule has 0 unspecified atom stereocenters. The van der Waals surface area contributed by atoms with Crippen LogP contribution in [0.4, 0.5) is 8.78 Å². The van der Waals surface area contributed by atoms with E-state index in [9.17, 15) is 18.4 Å². The number of ether oxygens (including phenoxy) is 2. The van der Waals surface area contributed by atoms with E-state index in [0.29, 0.717) is 13.1 Å². The van der Waals surface area contributed by atoms with Crippen LogP contribution in [0.1, 0.15) is 22.3 Å². The molecule has 0 saturated carbocycles. The van der Waals surface area contributed by atoms with E-state index in [1.165, 1.54) is 23.8 Å². The Morgan fingerprint density at radius 2 is 1.86 bits per heavy atom. The van der Waals surface area contributed by atoms with Crippen LogP contribution in [0, 0.1) is 0 Å². The van der Waals surface area contributed by atoms with Crippen molar-refractivity contribution in [3.05, 3.63) is 71.8 Å². The standard InChI is InChI=1S/C21H19F2NO4/c22-21(23)28-18-8-4-7-17(13-18)20(26)27-14-19(25)24-11-9-16(10-12-24)15-5-2-1-3-6-15/h1-9,13,21H,10-12,14H2. The van der Waals surface area contributed by atoms with Crippen molar-refractivity contribution in [2.24, 2.45) is 0 Å². The summed E-state index contributed by atoms with van der Waals surface area (Å²) in [5, 5.41) is 0. The quantitative estimate of drug-likeness (QED) is 0.709. The highest BCUT2D eigenvalue weighted by Gasteiger charge is 2.20. The number of esters is 1. The molecule has 0 atom stereocenters. The van der Waals surface area contributed by atoms with Gasteiger partial charge in [0.15, 0.2) is 6.61 Å². The Hall–Kier alpha value is -3.22. The Bertz CT molecular complexity index is 868. The zero-order chi connectivity index (χ0) is 19.9. The lowest BCUT2D eigenvalue weighted by Crippen LogP contribution is -2.37. The van der Waals surface area contributed by atoms with E-state index in [1.54, 1.807) is 4.90 Å². The van der Waals surface area contributed by atoms with Crippen LogP contribution in [0.3, 0.4) is 0 Å². The number of benzene rings is 2. The van der Waals surface area contributed by atoms with E-state index in [2.05, 4.69) is 4.74 Å². The molecule has 0 aromatic heterocycles. The fourth-order valence-corrected chi connectivity index (χ4v) is 2.91. The van der Waals surface area contributed by atoms with Crippen LogP contribution in [0.25, 0.3) is 5.57 Å². The Balaban J connectivity index is 1.52. The maximum atomic E-state index is 12.3. The van der Waals surface area contributed by atoms with Crippen molar-refractivity contribution in [2.75, 3.05) is 19.7 Å². The number of alkyl halides is 2. The van der Waals surface area contributed by atoms with Crippen LogP contribution >= 0.6 is 0 Å². The average Bonchev–Trinajstić information content (AvgIpc) is 2.72. The van der Waals surface area contributed by atoms with Gasteiger partial charge in [-0.25, -0.2) is 4.79 Å². The normalized spacial score (nSPS) is 13.8. The number of carbonyl (C=O) groups excluding carboxylic acids is 2. The van der Waals surface area contributed by atoms with Gasteiger partial charge < -0.3 is 14.4 Å². The Labute approximate surface area is 161 Å². The minimum Gasteiger partial charge on any atom is -0.452 e. The lowest BCUT2D eigenvalue weighted by molar-refractivity contribution is -0.134. The van der Waals surface area contributed by atoms with Crippen LogP contribution < -0.4 is 4.74 Å². The molecule has 1 heterocycles. The van der Waals surface area contributed by atoms with Crippen LogP contribution in [-0.2, 0) is 9.53 Å². The highest BCUT2D eigenvalue weighted by Crippen LogP contribution is 2.22. The van der Waals surface area contributed by atoms with E-state index in [-0.39, 0.29) is 17.2 Å². The van der Waals surface area contributed by atoms with Gasteiger partial charge in [-0.15, -0.1) is 0 Å². The molecule has 1 amide bonds. The topological polar surface area (TPSA) is 55.8 Å². The van der Waals surface area contributed by atoms with Crippen molar-refractivity contribution in [2.45, 2.75) is 13.0 Å². The number of nitrogens with zero attached hydrogens (tertiary/aromatic N) is 1. The Kier molecular flexibility index (Phi) is 6.37. The number of halogens is 2. The second kappa shape index (κ2) is 9.12. The highest BCUT2D eigenvalue weighted by atomic mass is 19.3. The van der Waals surface area contributed by atoms with Gasteiger partial charge in [0.1, 0.15) is 5.75 Å². The molecule has 0 N–H and O–H groups in total. The molecule has 146 valence electrons. The molecular weight excluding hydrogens is 368 g/mol. The molecular formula is C21H19F2NO4. The largest absolute Gasteiger partial charge is 0.452 e. The average molecular weight is 387 g/mol. The first-order chi connectivity index (χ1) is 13.5. The predicted molar refractivity (Wildman–Crippen MR) is 99.0 cm³/mol. The second-order valence-corrected chi connectivity index (χ2v) is 6.17. The summed E-state index contributed by atoms with van der Waals surface area (Å²) in [5.74, 6) is -1.23. The summed E-state index contributed by atoms with van der Waals surface area (Å²) in [5.41, 5.74) is 2.35. The van der Waals surface area contributed by atoms with E-state index in [0.717, 1.165) is 18.1 Å². The maximum Gasteiger partial charge on any atom is 0.387 e. The summed E-state index contributed by atoms with van der Waals surface area (Å²) in [6.07, 6.45) is 2.71. The fourth-order valence-electron chi connectivity index (χ4n) is 2.91. The van der Waals surface area contributed by atoms with E-state index >= 15 is 0 Å². The molecule has 0 aliphatic carbocycles.